The maximum atomic E-state index is 16.1. The quantitative estimate of drug-likeness (QED) is 0.220. The summed E-state index contributed by atoms with van der Waals surface area (Å²) in [5.74, 6) is -0.509. The van der Waals surface area contributed by atoms with Crippen molar-refractivity contribution in [2.24, 2.45) is 0 Å². The number of halogens is 1. The summed E-state index contributed by atoms with van der Waals surface area (Å²) in [7, 11) is 0. The van der Waals surface area contributed by atoms with Crippen molar-refractivity contribution in [3.63, 3.8) is 0 Å². The first kappa shape index (κ1) is 24.0. The SMILES string of the molecule is N#Cc1cc(F)c2c(c1)c(C=Cc1cccnc1)nn2C(c1ccccc1)(c1ccccc1)c1ccccc1. The number of nitriles is 1. The molecule has 2 heterocycles. The van der Waals surface area contributed by atoms with Gasteiger partial charge in [-0.1, -0.05) is 103 Å². The highest BCUT2D eigenvalue weighted by Crippen LogP contribution is 2.43. The Morgan fingerprint density at radius 1 is 0.744 bits per heavy atom. The molecule has 0 saturated heterocycles. The summed E-state index contributed by atoms with van der Waals surface area (Å²) in [6, 6.07) is 38.9. The third-order valence-corrected chi connectivity index (χ3v) is 6.90. The van der Waals surface area contributed by atoms with Crippen LogP contribution in [0.25, 0.3) is 23.1 Å². The molecule has 0 spiro atoms. The molecule has 2 aromatic heterocycles. The molecular formula is C34H23FN4. The summed E-state index contributed by atoms with van der Waals surface area (Å²) in [5, 5.41) is 15.3. The fourth-order valence-corrected chi connectivity index (χ4v) is 5.21. The van der Waals surface area contributed by atoms with Gasteiger partial charge in [-0.2, -0.15) is 10.4 Å². The Hall–Kier alpha value is -5.34. The Labute approximate surface area is 225 Å². The third kappa shape index (κ3) is 4.18. The number of hydrogen-bond donors (Lipinski definition) is 0. The van der Waals surface area contributed by atoms with Gasteiger partial charge in [-0.3, -0.25) is 4.98 Å². The highest BCUT2D eigenvalue weighted by Gasteiger charge is 2.41. The van der Waals surface area contributed by atoms with Crippen molar-refractivity contribution in [2.75, 3.05) is 0 Å². The minimum Gasteiger partial charge on any atom is -0.264 e. The van der Waals surface area contributed by atoms with E-state index in [0.717, 1.165) is 22.3 Å². The van der Waals surface area contributed by atoms with Gasteiger partial charge in [0.05, 0.1) is 17.3 Å². The molecule has 0 amide bonds. The zero-order valence-electron chi connectivity index (χ0n) is 20.9. The lowest BCUT2D eigenvalue weighted by molar-refractivity contribution is 0.467. The average Bonchev–Trinajstić information content (AvgIpc) is 3.38. The van der Waals surface area contributed by atoms with E-state index in [0.29, 0.717) is 16.6 Å². The van der Waals surface area contributed by atoms with Crippen LogP contribution >= 0.6 is 0 Å². The Morgan fingerprint density at radius 3 is 1.85 bits per heavy atom. The fourth-order valence-electron chi connectivity index (χ4n) is 5.21. The molecule has 4 nitrogen and oxygen atoms in total. The van der Waals surface area contributed by atoms with Crippen LogP contribution < -0.4 is 0 Å². The first-order chi connectivity index (χ1) is 19.2. The van der Waals surface area contributed by atoms with Crippen molar-refractivity contribution in [1.29, 1.82) is 5.26 Å². The van der Waals surface area contributed by atoms with Gasteiger partial charge in [-0.25, -0.2) is 9.07 Å². The van der Waals surface area contributed by atoms with E-state index in [1.54, 1.807) is 23.1 Å². The highest BCUT2D eigenvalue weighted by molar-refractivity contribution is 5.92. The Morgan fingerprint density at radius 2 is 1.33 bits per heavy atom. The van der Waals surface area contributed by atoms with E-state index in [1.807, 2.05) is 115 Å². The second-order valence-corrected chi connectivity index (χ2v) is 9.19. The van der Waals surface area contributed by atoms with E-state index in [1.165, 1.54) is 6.07 Å². The molecule has 0 atom stereocenters. The average molecular weight is 507 g/mol. The maximum Gasteiger partial charge on any atom is 0.150 e. The Balaban J connectivity index is 1.76. The smallest absolute Gasteiger partial charge is 0.150 e. The molecule has 5 heteroatoms. The number of pyridine rings is 1. The van der Waals surface area contributed by atoms with Crippen LogP contribution in [0.4, 0.5) is 4.39 Å². The lowest BCUT2D eigenvalue weighted by atomic mass is 9.77. The molecule has 0 aliphatic rings. The highest BCUT2D eigenvalue weighted by atomic mass is 19.1. The van der Waals surface area contributed by atoms with Gasteiger partial charge in [0.15, 0.2) is 5.82 Å². The monoisotopic (exact) mass is 506 g/mol. The predicted molar refractivity (Wildman–Crippen MR) is 152 cm³/mol. The summed E-state index contributed by atoms with van der Waals surface area (Å²) in [6.45, 7) is 0. The number of fused-ring (bicyclic) bond motifs is 1. The van der Waals surface area contributed by atoms with E-state index in [-0.39, 0.29) is 5.56 Å². The molecule has 0 aliphatic heterocycles. The molecular weight excluding hydrogens is 483 g/mol. The van der Waals surface area contributed by atoms with Gasteiger partial charge < -0.3 is 0 Å². The number of aromatic nitrogens is 3. The van der Waals surface area contributed by atoms with E-state index in [9.17, 15) is 5.26 Å². The van der Waals surface area contributed by atoms with Crippen LogP contribution in [0.1, 0.15) is 33.5 Å². The number of hydrogen-bond acceptors (Lipinski definition) is 3. The van der Waals surface area contributed by atoms with Crippen LogP contribution in [0, 0.1) is 17.1 Å². The molecule has 0 radical (unpaired) electrons. The third-order valence-electron chi connectivity index (χ3n) is 6.90. The van der Waals surface area contributed by atoms with Crippen LogP contribution in [0.2, 0.25) is 0 Å². The van der Waals surface area contributed by atoms with E-state index < -0.39 is 11.4 Å². The standard InChI is InChI=1S/C34H23FN4/c35-31-22-26(23-36)21-30-32(19-18-25-11-10-20-37-24-25)38-39(33(30)31)34(27-12-4-1-5-13-27,28-14-6-2-7-15-28)29-16-8-3-9-17-29/h1-22,24H. The molecule has 6 aromatic rings. The van der Waals surface area contributed by atoms with Crippen LogP contribution in [-0.2, 0) is 5.54 Å². The largest absolute Gasteiger partial charge is 0.264 e. The van der Waals surface area contributed by atoms with Gasteiger partial charge in [-0.15, -0.1) is 0 Å². The van der Waals surface area contributed by atoms with E-state index in [2.05, 4.69) is 11.1 Å². The molecule has 0 bridgehead atoms. The summed E-state index contributed by atoms with van der Waals surface area (Å²) < 4.78 is 17.9. The first-order valence-corrected chi connectivity index (χ1v) is 12.6. The Bertz CT molecular complexity index is 1710. The van der Waals surface area contributed by atoms with Crippen molar-refractivity contribution in [1.82, 2.24) is 14.8 Å². The van der Waals surface area contributed by atoms with Gasteiger partial charge in [0.25, 0.3) is 0 Å². The van der Waals surface area contributed by atoms with Gasteiger partial charge in [-0.05, 0) is 46.5 Å². The van der Waals surface area contributed by atoms with Crippen LogP contribution in [-0.4, -0.2) is 14.8 Å². The molecule has 39 heavy (non-hydrogen) atoms. The lowest BCUT2D eigenvalue weighted by Crippen LogP contribution is -2.38. The van der Waals surface area contributed by atoms with E-state index in [4.69, 9.17) is 5.10 Å². The second-order valence-electron chi connectivity index (χ2n) is 9.19. The molecule has 186 valence electrons. The maximum absolute atomic E-state index is 16.1. The molecule has 0 unspecified atom stereocenters. The normalized spacial score (nSPS) is 11.6. The van der Waals surface area contributed by atoms with Crippen molar-refractivity contribution in [3.8, 4) is 6.07 Å². The number of rotatable bonds is 6. The fraction of sp³-hybridized carbons (Fsp3) is 0.0294. The summed E-state index contributed by atoms with van der Waals surface area (Å²) >= 11 is 0. The molecule has 0 saturated carbocycles. The zero-order chi connectivity index (χ0) is 26.7. The molecule has 0 N–H and O–H groups in total. The summed E-state index contributed by atoms with van der Waals surface area (Å²) in [4.78, 5) is 4.18. The topological polar surface area (TPSA) is 54.5 Å². The van der Waals surface area contributed by atoms with Crippen molar-refractivity contribution in [2.45, 2.75) is 5.54 Å². The van der Waals surface area contributed by atoms with Crippen LogP contribution in [0.3, 0.4) is 0 Å². The van der Waals surface area contributed by atoms with Gasteiger partial charge in [0.2, 0.25) is 0 Å². The first-order valence-electron chi connectivity index (χ1n) is 12.6. The summed E-state index contributed by atoms with van der Waals surface area (Å²) in [6.07, 6.45) is 7.20. The zero-order valence-corrected chi connectivity index (χ0v) is 20.9. The van der Waals surface area contributed by atoms with Crippen molar-refractivity contribution >= 4 is 23.1 Å². The molecule has 6 rings (SSSR count). The predicted octanol–water partition coefficient (Wildman–Crippen LogP) is 7.45. The van der Waals surface area contributed by atoms with Gasteiger partial charge in [0, 0.05) is 17.8 Å². The molecule has 0 aliphatic carbocycles. The Kier molecular flexibility index (Phi) is 6.28. The minimum atomic E-state index is -1.00. The van der Waals surface area contributed by atoms with Gasteiger partial charge >= 0.3 is 0 Å². The van der Waals surface area contributed by atoms with Crippen molar-refractivity contribution < 1.29 is 4.39 Å². The number of benzene rings is 4. The van der Waals surface area contributed by atoms with Crippen LogP contribution in [0.5, 0.6) is 0 Å². The molecule has 4 aromatic carbocycles. The van der Waals surface area contributed by atoms with E-state index >= 15 is 4.39 Å². The minimum absolute atomic E-state index is 0.236. The van der Waals surface area contributed by atoms with Crippen molar-refractivity contribution in [3.05, 3.63) is 167 Å². The summed E-state index contributed by atoms with van der Waals surface area (Å²) in [5.41, 5.74) is 3.78. The number of nitrogens with zero attached hydrogens (tertiary/aromatic N) is 4. The lowest BCUT2D eigenvalue weighted by Gasteiger charge is -2.37. The second kappa shape index (κ2) is 10.2. The van der Waals surface area contributed by atoms with Gasteiger partial charge in [0.1, 0.15) is 11.1 Å². The molecule has 0 fully saturated rings. The van der Waals surface area contributed by atoms with Crippen LogP contribution in [0.15, 0.2) is 128 Å².